The van der Waals surface area contributed by atoms with E-state index in [4.69, 9.17) is 29.6 Å². The molecule has 1 aromatic carbocycles. The molecule has 0 aliphatic heterocycles. The molecule has 0 unspecified atom stereocenters. The number of thiocarbonyl (C=S) groups is 1. The minimum atomic E-state index is -0.263. The maximum absolute atomic E-state index is 12.5. The van der Waals surface area contributed by atoms with Crippen molar-refractivity contribution in [3.63, 3.8) is 0 Å². The monoisotopic (exact) mass is 440 g/mol. The van der Waals surface area contributed by atoms with Gasteiger partial charge in [0.05, 0.1) is 0 Å². The number of nitrogens with two attached hydrogens (primary N) is 1. The molecule has 0 aliphatic rings. The molecule has 0 aliphatic carbocycles. The number of hydrogen-bond donors (Lipinski definition) is 1. The molecule has 2 aromatic rings. The van der Waals surface area contributed by atoms with Crippen LogP contribution in [0.1, 0.15) is 26.6 Å². The molecule has 2 N–H and O–H groups in total. The van der Waals surface area contributed by atoms with Crippen molar-refractivity contribution >= 4 is 52.4 Å². The van der Waals surface area contributed by atoms with Gasteiger partial charge in [-0.1, -0.05) is 44.1 Å². The minimum Gasteiger partial charge on any atom is -0.376 e. The van der Waals surface area contributed by atoms with Crippen molar-refractivity contribution < 1.29 is 4.79 Å². The summed E-state index contributed by atoms with van der Waals surface area (Å²) < 4.78 is 1.35. The lowest BCUT2D eigenvalue weighted by molar-refractivity contribution is 0.213. The average molecular weight is 441 g/mol. The molecule has 0 fully saturated rings. The average Bonchev–Trinajstić information content (AvgIpc) is 3.03. The highest BCUT2D eigenvalue weighted by atomic mass is 35.5. The van der Waals surface area contributed by atoms with Crippen LogP contribution in [0.4, 0.5) is 10.5 Å². The predicted octanol–water partition coefficient (Wildman–Crippen LogP) is 3.60. The molecule has 0 saturated heterocycles. The number of aromatic nitrogens is 3. The molecule has 0 saturated carbocycles. The van der Waals surface area contributed by atoms with E-state index in [2.05, 4.69) is 10.1 Å². The summed E-state index contributed by atoms with van der Waals surface area (Å²) in [5.74, 6) is 1.23. The zero-order valence-electron chi connectivity index (χ0n) is 16.6. The van der Waals surface area contributed by atoms with Crippen LogP contribution in [0.5, 0.6) is 0 Å². The Morgan fingerprint density at radius 2 is 1.89 bits per heavy atom. The molecule has 1 aromatic heterocycles. The Bertz CT molecular complexity index is 845. The van der Waals surface area contributed by atoms with Gasteiger partial charge in [-0.2, -0.15) is 4.68 Å². The van der Waals surface area contributed by atoms with Crippen molar-refractivity contribution in [1.29, 1.82) is 0 Å². The molecule has 7 nitrogen and oxygen atoms in total. The Balaban J connectivity index is 2.18. The van der Waals surface area contributed by atoms with Gasteiger partial charge < -0.3 is 15.5 Å². The molecule has 1 heterocycles. The molecule has 0 bridgehead atoms. The van der Waals surface area contributed by atoms with Crippen LogP contribution in [-0.2, 0) is 5.41 Å². The third-order valence-electron chi connectivity index (χ3n) is 3.76. The largest absolute Gasteiger partial charge is 0.376 e. The van der Waals surface area contributed by atoms with Gasteiger partial charge in [-0.3, -0.25) is 0 Å². The maximum Gasteiger partial charge on any atom is 0.346 e. The van der Waals surface area contributed by atoms with Crippen molar-refractivity contribution in [3.8, 4) is 0 Å². The standard InChI is InChI=1S/C18H25ClN6OS2/c1-18(2,3)14-21-16(25(22-14)17(26)23(4)5)28-11-10-24(15(20)27)13-8-6-12(19)7-9-13/h6-9H,10-11H2,1-5H3,(H2,20,27). The number of carbonyl (C=O) groups excluding carboxylic acids is 1. The first-order valence-electron chi connectivity index (χ1n) is 8.65. The second-order valence-corrected chi connectivity index (χ2v) is 9.29. The number of benzene rings is 1. The third kappa shape index (κ3) is 5.59. The first kappa shape index (κ1) is 22.4. The SMILES string of the molecule is CN(C)C(=O)n1nc(C(C)(C)C)nc1SCCN(C(N)=S)c1ccc(Cl)cc1. The smallest absolute Gasteiger partial charge is 0.346 e. The van der Waals surface area contributed by atoms with E-state index in [1.54, 1.807) is 26.2 Å². The minimum absolute atomic E-state index is 0.241. The summed E-state index contributed by atoms with van der Waals surface area (Å²) in [5.41, 5.74) is 6.48. The van der Waals surface area contributed by atoms with E-state index < -0.39 is 0 Å². The second kappa shape index (κ2) is 9.11. The number of rotatable bonds is 5. The van der Waals surface area contributed by atoms with Gasteiger partial charge in [0, 0.05) is 42.5 Å². The molecule has 1 amide bonds. The number of thioether (sulfide) groups is 1. The van der Waals surface area contributed by atoms with Crippen LogP contribution in [0.2, 0.25) is 5.02 Å². The Morgan fingerprint density at radius 3 is 2.39 bits per heavy atom. The number of nitrogens with zero attached hydrogens (tertiary/aromatic N) is 5. The van der Waals surface area contributed by atoms with Crippen molar-refractivity contribution in [1.82, 2.24) is 19.7 Å². The van der Waals surface area contributed by atoms with E-state index in [-0.39, 0.29) is 16.6 Å². The molecule has 10 heteroatoms. The summed E-state index contributed by atoms with van der Waals surface area (Å²) in [6.07, 6.45) is 0. The number of hydrogen-bond acceptors (Lipinski definition) is 5. The Labute approximate surface area is 180 Å². The summed E-state index contributed by atoms with van der Waals surface area (Å²) in [6.45, 7) is 6.58. The van der Waals surface area contributed by atoms with Crippen LogP contribution in [0.3, 0.4) is 0 Å². The second-order valence-electron chi connectivity index (χ2n) is 7.37. The Hall–Kier alpha value is -1.84. The van der Waals surface area contributed by atoms with Crippen LogP contribution in [0.15, 0.2) is 29.4 Å². The highest BCUT2D eigenvalue weighted by molar-refractivity contribution is 7.99. The van der Waals surface area contributed by atoms with Gasteiger partial charge in [0.1, 0.15) is 0 Å². The number of anilines is 1. The fourth-order valence-corrected chi connectivity index (χ4v) is 3.41. The van der Waals surface area contributed by atoms with Gasteiger partial charge in [-0.05, 0) is 36.5 Å². The zero-order chi connectivity index (χ0) is 21.1. The quantitative estimate of drug-likeness (QED) is 0.561. The highest BCUT2D eigenvalue weighted by Gasteiger charge is 2.25. The van der Waals surface area contributed by atoms with Gasteiger partial charge >= 0.3 is 6.03 Å². The Morgan fingerprint density at radius 1 is 1.29 bits per heavy atom. The normalized spacial score (nSPS) is 11.4. The molecule has 152 valence electrons. The van der Waals surface area contributed by atoms with E-state index in [9.17, 15) is 4.79 Å². The molecule has 0 spiro atoms. The van der Waals surface area contributed by atoms with Gasteiger partial charge in [-0.25, -0.2) is 9.78 Å². The van der Waals surface area contributed by atoms with Gasteiger partial charge in [0.2, 0.25) is 0 Å². The van der Waals surface area contributed by atoms with E-state index in [0.29, 0.717) is 28.3 Å². The lowest BCUT2D eigenvalue weighted by Gasteiger charge is -2.22. The van der Waals surface area contributed by atoms with E-state index >= 15 is 0 Å². The number of halogens is 1. The van der Waals surface area contributed by atoms with Crippen LogP contribution >= 0.6 is 35.6 Å². The topological polar surface area (TPSA) is 80.3 Å². The fraction of sp³-hybridized carbons (Fsp3) is 0.444. The summed E-state index contributed by atoms with van der Waals surface area (Å²) >= 11 is 12.6. The summed E-state index contributed by atoms with van der Waals surface area (Å²) in [6, 6.07) is 7.06. The van der Waals surface area contributed by atoms with Crippen LogP contribution < -0.4 is 10.6 Å². The molecule has 28 heavy (non-hydrogen) atoms. The number of carbonyl (C=O) groups is 1. The highest BCUT2D eigenvalue weighted by Crippen LogP contribution is 2.25. The first-order chi connectivity index (χ1) is 13.0. The molecule has 0 atom stereocenters. The van der Waals surface area contributed by atoms with E-state index in [1.165, 1.54) is 21.3 Å². The van der Waals surface area contributed by atoms with Gasteiger partial charge in [-0.15, -0.1) is 5.10 Å². The predicted molar refractivity (Wildman–Crippen MR) is 120 cm³/mol. The van der Waals surface area contributed by atoms with Gasteiger partial charge in [0.15, 0.2) is 16.1 Å². The lowest BCUT2D eigenvalue weighted by atomic mass is 9.96. The molecule has 2 rings (SSSR count). The fourth-order valence-electron chi connectivity index (χ4n) is 2.24. The van der Waals surface area contributed by atoms with Crippen LogP contribution in [0.25, 0.3) is 0 Å². The molecule has 0 radical (unpaired) electrons. The van der Waals surface area contributed by atoms with Crippen molar-refractivity contribution in [2.24, 2.45) is 5.73 Å². The lowest BCUT2D eigenvalue weighted by Crippen LogP contribution is -2.37. The van der Waals surface area contributed by atoms with Crippen molar-refractivity contribution in [3.05, 3.63) is 35.1 Å². The number of amides is 1. The molecular formula is C18H25ClN6OS2. The van der Waals surface area contributed by atoms with Crippen LogP contribution in [-0.4, -0.2) is 57.2 Å². The maximum atomic E-state index is 12.5. The van der Waals surface area contributed by atoms with Gasteiger partial charge in [0.25, 0.3) is 0 Å². The third-order valence-corrected chi connectivity index (χ3v) is 5.14. The van der Waals surface area contributed by atoms with Crippen molar-refractivity contribution in [2.75, 3.05) is 31.3 Å². The summed E-state index contributed by atoms with van der Waals surface area (Å²) in [5, 5.41) is 5.87. The zero-order valence-corrected chi connectivity index (χ0v) is 19.0. The van der Waals surface area contributed by atoms with Crippen molar-refractivity contribution in [2.45, 2.75) is 31.3 Å². The summed E-state index contributed by atoms with van der Waals surface area (Å²) in [4.78, 5) is 20.3. The van der Waals surface area contributed by atoms with E-state index in [0.717, 1.165) is 5.69 Å². The summed E-state index contributed by atoms with van der Waals surface area (Å²) in [7, 11) is 3.37. The first-order valence-corrected chi connectivity index (χ1v) is 10.4. The van der Waals surface area contributed by atoms with E-state index in [1.807, 2.05) is 37.8 Å². The Kier molecular flexibility index (Phi) is 7.30. The van der Waals surface area contributed by atoms with Crippen LogP contribution in [0, 0.1) is 0 Å². The molecular weight excluding hydrogens is 416 g/mol.